The predicted octanol–water partition coefficient (Wildman–Crippen LogP) is 1.69. The largest absolute Gasteiger partial charge is 0.497 e. The fourth-order valence-electron chi connectivity index (χ4n) is 1.96. The van der Waals surface area contributed by atoms with E-state index in [9.17, 15) is 9.59 Å². The lowest BCUT2D eigenvalue weighted by Gasteiger charge is -2.01. The van der Waals surface area contributed by atoms with Crippen molar-refractivity contribution >= 4 is 24.2 Å². The minimum atomic E-state index is -0.545. The van der Waals surface area contributed by atoms with Gasteiger partial charge in [0, 0.05) is 0 Å². The fourth-order valence-corrected chi connectivity index (χ4v) is 1.96. The van der Waals surface area contributed by atoms with Gasteiger partial charge in [0.1, 0.15) is 17.9 Å². The first-order valence-electron chi connectivity index (χ1n) is 8.02. The number of methoxy groups -OCH3 is 2. The number of carbonyl (C=O) groups excluding carboxylic acids is 2. The van der Waals surface area contributed by atoms with Gasteiger partial charge in [-0.2, -0.15) is 10.2 Å². The van der Waals surface area contributed by atoms with Crippen LogP contribution in [0, 0.1) is 0 Å². The molecule has 2 rings (SSSR count). The highest BCUT2D eigenvalue weighted by atomic mass is 16.5. The Kier molecular flexibility index (Phi) is 7.52. The van der Waals surface area contributed by atoms with E-state index in [-0.39, 0.29) is 6.42 Å². The van der Waals surface area contributed by atoms with E-state index in [4.69, 9.17) is 9.47 Å². The van der Waals surface area contributed by atoms with Crippen LogP contribution in [0.2, 0.25) is 0 Å². The molecular formula is C19H20N4O4. The number of benzene rings is 2. The van der Waals surface area contributed by atoms with E-state index in [1.807, 2.05) is 0 Å². The summed E-state index contributed by atoms with van der Waals surface area (Å²) in [6, 6.07) is 14.2. The van der Waals surface area contributed by atoms with E-state index in [0.717, 1.165) is 22.6 Å². The van der Waals surface area contributed by atoms with Crippen LogP contribution >= 0.6 is 0 Å². The van der Waals surface area contributed by atoms with E-state index in [0.29, 0.717) is 0 Å². The molecule has 2 aromatic carbocycles. The van der Waals surface area contributed by atoms with Gasteiger partial charge in [0.05, 0.1) is 26.6 Å². The molecule has 0 saturated heterocycles. The van der Waals surface area contributed by atoms with Gasteiger partial charge >= 0.3 is 0 Å². The second kappa shape index (κ2) is 10.3. The summed E-state index contributed by atoms with van der Waals surface area (Å²) in [5, 5.41) is 7.60. The summed E-state index contributed by atoms with van der Waals surface area (Å²) in [6.07, 6.45) is 2.55. The first-order valence-corrected chi connectivity index (χ1v) is 8.02. The van der Waals surface area contributed by atoms with E-state index in [2.05, 4.69) is 21.1 Å². The Labute approximate surface area is 156 Å². The Morgan fingerprint density at radius 1 is 0.778 bits per heavy atom. The number of hydrogen-bond donors (Lipinski definition) is 2. The average molecular weight is 368 g/mol. The highest BCUT2D eigenvalue weighted by Crippen LogP contribution is 2.10. The second-order valence-corrected chi connectivity index (χ2v) is 5.31. The van der Waals surface area contributed by atoms with Gasteiger partial charge in [0.15, 0.2) is 0 Å². The molecule has 27 heavy (non-hydrogen) atoms. The topological polar surface area (TPSA) is 101 Å². The van der Waals surface area contributed by atoms with Crippen molar-refractivity contribution in [2.75, 3.05) is 14.2 Å². The summed E-state index contributed by atoms with van der Waals surface area (Å²) in [6.45, 7) is 0. The molecule has 0 spiro atoms. The molecule has 0 fully saturated rings. The SMILES string of the molecule is COc1ccc(/C=N\NC(=O)CC(=O)N/N=C\c2ccc(OC)cc2)cc1. The minimum absolute atomic E-state index is 0.389. The van der Waals surface area contributed by atoms with Gasteiger partial charge in [-0.25, -0.2) is 10.9 Å². The molecule has 0 aliphatic heterocycles. The first-order chi connectivity index (χ1) is 13.1. The third kappa shape index (κ3) is 6.99. The molecule has 0 saturated carbocycles. The molecule has 0 heterocycles. The van der Waals surface area contributed by atoms with Crippen LogP contribution in [0.15, 0.2) is 58.7 Å². The van der Waals surface area contributed by atoms with Crippen LogP contribution < -0.4 is 20.3 Å². The molecule has 2 amide bonds. The molecule has 8 heteroatoms. The van der Waals surface area contributed by atoms with E-state index < -0.39 is 11.8 Å². The van der Waals surface area contributed by atoms with Gasteiger partial charge in [0.2, 0.25) is 11.8 Å². The van der Waals surface area contributed by atoms with Gasteiger partial charge in [-0.15, -0.1) is 0 Å². The molecule has 2 aromatic rings. The monoisotopic (exact) mass is 368 g/mol. The summed E-state index contributed by atoms with van der Waals surface area (Å²) >= 11 is 0. The van der Waals surface area contributed by atoms with Crippen molar-refractivity contribution in [3.05, 3.63) is 59.7 Å². The summed E-state index contributed by atoms with van der Waals surface area (Å²) in [5.74, 6) is 0.361. The molecule has 2 N–H and O–H groups in total. The highest BCUT2D eigenvalue weighted by molar-refractivity contribution is 5.97. The Balaban J connectivity index is 1.73. The highest BCUT2D eigenvalue weighted by Gasteiger charge is 2.07. The lowest BCUT2D eigenvalue weighted by atomic mass is 10.2. The van der Waals surface area contributed by atoms with E-state index >= 15 is 0 Å². The van der Waals surface area contributed by atoms with Crippen molar-refractivity contribution in [2.24, 2.45) is 10.2 Å². The lowest BCUT2D eigenvalue weighted by molar-refractivity contribution is -0.129. The average Bonchev–Trinajstić information content (AvgIpc) is 2.69. The second-order valence-electron chi connectivity index (χ2n) is 5.31. The number of amides is 2. The molecular weight excluding hydrogens is 348 g/mol. The van der Waals surface area contributed by atoms with Crippen LogP contribution in [-0.2, 0) is 9.59 Å². The molecule has 0 atom stereocenters. The third-order valence-corrected chi connectivity index (χ3v) is 3.36. The van der Waals surface area contributed by atoms with Gasteiger partial charge < -0.3 is 9.47 Å². The van der Waals surface area contributed by atoms with Crippen molar-refractivity contribution in [2.45, 2.75) is 6.42 Å². The molecule has 0 aliphatic rings. The number of nitrogens with zero attached hydrogens (tertiary/aromatic N) is 2. The number of hydrogen-bond acceptors (Lipinski definition) is 6. The summed E-state index contributed by atoms with van der Waals surface area (Å²) in [7, 11) is 3.16. The van der Waals surface area contributed by atoms with Crippen LogP contribution in [0.5, 0.6) is 11.5 Å². The van der Waals surface area contributed by atoms with Crippen molar-refractivity contribution in [1.29, 1.82) is 0 Å². The minimum Gasteiger partial charge on any atom is -0.497 e. The Morgan fingerprint density at radius 2 is 1.15 bits per heavy atom. The first kappa shape index (κ1) is 19.6. The van der Waals surface area contributed by atoms with E-state index in [1.165, 1.54) is 12.4 Å². The fraction of sp³-hybridized carbons (Fsp3) is 0.158. The van der Waals surface area contributed by atoms with Crippen molar-refractivity contribution in [1.82, 2.24) is 10.9 Å². The van der Waals surface area contributed by atoms with Crippen molar-refractivity contribution in [3.8, 4) is 11.5 Å². The zero-order valence-electron chi connectivity index (χ0n) is 15.0. The summed E-state index contributed by atoms with van der Waals surface area (Å²) in [4.78, 5) is 23.4. The van der Waals surface area contributed by atoms with Crippen molar-refractivity contribution in [3.63, 3.8) is 0 Å². The molecule has 0 bridgehead atoms. The molecule has 0 aromatic heterocycles. The van der Waals surface area contributed by atoms with E-state index in [1.54, 1.807) is 62.8 Å². The maximum absolute atomic E-state index is 11.7. The Bertz CT molecular complexity index is 745. The quantitative estimate of drug-likeness (QED) is 0.421. The molecule has 0 aliphatic carbocycles. The van der Waals surface area contributed by atoms with Crippen LogP contribution in [0.3, 0.4) is 0 Å². The Morgan fingerprint density at radius 3 is 1.48 bits per heavy atom. The molecule has 0 unspecified atom stereocenters. The standard InChI is InChI=1S/C19H20N4O4/c1-26-16-7-3-14(4-8-16)12-20-22-18(24)11-19(25)23-21-13-15-5-9-17(27-2)10-6-15/h3-10,12-13H,11H2,1-2H3,(H,22,24)(H,23,25)/b20-12-,21-13-. The summed E-state index contributed by atoms with van der Waals surface area (Å²) in [5.41, 5.74) is 6.13. The Hall–Kier alpha value is -3.68. The lowest BCUT2D eigenvalue weighted by Crippen LogP contribution is -2.27. The van der Waals surface area contributed by atoms with Gasteiger partial charge in [-0.3, -0.25) is 9.59 Å². The van der Waals surface area contributed by atoms with Crippen LogP contribution in [0.4, 0.5) is 0 Å². The maximum atomic E-state index is 11.7. The number of hydrazone groups is 2. The van der Waals surface area contributed by atoms with Gasteiger partial charge in [0.25, 0.3) is 0 Å². The van der Waals surface area contributed by atoms with Gasteiger partial charge in [-0.1, -0.05) is 0 Å². The van der Waals surface area contributed by atoms with Crippen LogP contribution in [0.25, 0.3) is 0 Å². The molecule has 8 nitrogen and oxygen atoms in total. The zero-order valence-corrected chi connectivity index (χ0v) is 15.0. The predicted molar refractivity (Wildman–Crippen MR) is 102 cm³/mol. The number of ether oxygens (including phenoxy) is 2. The third-order valence-electron chi connectivity index (χ3n) is 3.36. The number of nitrogens with one attached hydrogen (secondary N) is 2. The smallest absolute Gasteiger partial charge is 0.249 e. The molecule has 0 radical (unpaired) electrons. The normalized spacial score (nSPS) is 10.7. The summed E-state index contributed by atoms with van der Waals surface area (Å²) < 4.78 is 10.1. The zero-order chi connectivity index (χ0) is 19.5. The van der Waals surface area contributed by atoms with Gasteiger partial charge in [-0.05, 0) is 59.7 Å². The van der Waals surface area contributed by atoms with Crippen LogP contribution in [0.1, 0.15) is 17.5 Å². The maximum Gasteiger partial charge on any atom is 0.249 e. The van der Waals surface area contributed by atoms with Crippen LogP contribution in [-0.4, -0.2) is 38.5 Å². The van der Waals surface area contributed by atoms with Crippen molar-refractivity contribution < 1.29 is 19.1 Å². The molecule has 140 valence electrons. The number of carbonyl (C=O) groups is 2. The number of rotatable bonds is 8.